The highest BCUT2D eigenvalue weighted by atomic mass is 32.1. The van der Waals surface area contributed by atoms with E-state index in [1.807, 2.05) is 18.4 Å². The fourth-order valence-electron chi connectivity index (χ4n) is 2.63. The molecule has 0 amide bonds. The molecule has 0 aliphatic carbocycles. The van der Waals surface area contributed by atoms with Gasteiger partial charge in [-0.15, -0.1) is 11.3 Å². The zero-order chi connectivity index (χ0) is 13.0. The standard InChI is InChI=1S/C14H25N3S/c1-11(2)17-6-4-12(5-7-17)8-14-16-13(9-15-3)10-18-14/h10-12,15H,4-9H2,1-3H3. The minimum absolute atomic E-state index is 0.702. The third kappa shape index (κ3) is 3.77. The molecule has 2 rings (SSSR count). The molecule has 102 valence electrons. The lowest BCUT2D eigenvalue weighted by Gasteiger charge is -2.34. The lowest BCUT2D eigenvalue weighted by Crippen LogP contribution is -2.38. The van der Waals surface area contributed by atoms with Crippen LogP contribution in [0, 0.1) is 5.92 Å². The van der Waals surface area contributed by atoms with Crippen molar-refractivity contribution in [3.8, 4) is 0 Å². The summed E-state index contributed by atoms with van der Waals surface area (Å²) in [6.07, 6.45) is 3.85. The van der Waals surface area contributed by atoms with Gasteiger partial charge in [0.2, 0.25) is 0 Å². The van der Waals surface area contributed by atoms with Gasteiger partial charge in [0.25, 0.3) is 0 Å². The third-order valence-corrected chi connectivity index (χ3v) is 4.72. The summed E-state index contributed by atoms with van der Waals surface area (Å²) in [6, 6.07) is 0.702. The number of hydrogen-bond donors (Lipinski definition) is 1. The van der Waals surface area contributed by atoms with E-state index in [0.717, 1.165) is 12.5 Å². The number of hydrogen-bond acceptors (Lipinski definition) is 4. The summed E-state index contributed by atoms with van der Waals surface area (Å²) in [7, 11) is 1.97. The van der Waals surface area contributed by atoms with Crippen LogP contribution in [0.3, 0.4) is 0 Å². The average Bonchev–Trinajstić information content (AvgIpc) is 2.78. The Balaban J connectivity index is 1.80. The Morgan fingerprint density at radius 2 is 2.17 bits per heavy atom. The Labute approximate surface area is 115 Å². The molecule has 1 N–H and O–H groups in total. The second-order valence-electron chi connectivity index (χ2n) is 5.54. The van der Waals surface area contributed by atoms with Gasteiger partial charge in [0.05, 0.1) is 10.7 Å². The molecule has 1 aromatic heterocycles. The molecular formula is C14H25N3S. The van der Waals surface area contributed by atoms with Crippen LogP contribution in [0.15, 0.2) is 5.38 Å². The summed E-state index contributed by atoms with van der Waals surface area (Å²) in [6.45, 7) is 8.01. The number of likely N-dealkylation sites (tertiary alicyclic amines) is 1. The highest BCUT2D eigenvalue weighted by Gasteiger charge is 2.21. The van der Waals surface area contributed by atoms with E-state index in [2.05, 4.69) is 29.4 Å². The molecule has 0 atom stereocenters. The van der Waals surface area contributed by atoms with Crippen molar-refractivity contribution in [2.45, 2.75) is 45.7 Å². The Morgan fingerprint density at radius 3 is 2.78 bits per heavy atom. The van der Waals surface area contributed by atoms with Crippen LogP contribution in [0.5, 0.6) is 0 Å². The van der Waals surface area contributed by atoms with Crippen molar-refractivity contribution >= 4 is 11.3 Å². The zero-order valence-corrected chi connectivity index (χ0v) is 12.6. The number of aromatic nitrogens is 1. The van der Waals surface area contributed by atoms with Crippen LogP contribution in [-0.4, -0.2) is 36.1 Å². The van der Waals surface area contributed by atoms with Crippen molar-refractivity contribution in [1.82, 2.24) is 15.2 Å². The maximum absolute atomic E-state index is 4.69. The number of nitrogens with one attached hydrogen (secondary N) is 1. The molecule has 0 saturated carbocycles. The first kappa shape index (κ1) is 14.0. The van der Waals surface area contributed by atoms with Crippen LogP contribution >= 0.6 is 11.3 Å². The second-order valence-corrected chi connectivity index (χ2v) is 6.48. The Morgan fingerprint density at radius 1 is 1.44 bits per heavy atom. The molecule has 2 heterocycles. The number of piperidine rings is 1. The molecule has 0 radical (unpaired) electrons. The zero-order valence-electron chi connectivity index (χ0n) is 11.8. The highest BCUT2D eigenvalue weighted by molar-refractivity contribution is 7.09. The van der Waals surface area contributed by atoms with Crippen molar-refractivity contribution in [2.75, 3.05) is 20.1 Å². The van der Waals surface area contributed by atoms with Crippen LogP contribution in [0.1, 0.15) is 37.4 Å². The van der Waals surface area contributed by atoms with Gasteiger partial charge in [-0.2, -0.15) is 0 Å². The van der Waals surface area contributed by atoms with E-state index in [-0.39, 0.29) is 0 Å². The Hall–Kier alpha value is -0.450. The van der Waals surface area contributed by atoms with Crippen molar-refractivity contribution in [3.05, 3.63) is 16.1 Å². The van der Waals surface area contributed by atoms with Crippen LogP contribution in [0.2, 0.25) is 0 Å². The van der Waals surface area contributed by atoms with Crippen LogP contribution in [-0.2, 0) is 13.0 Å². The summed E-state index contributed by atoms with van der Waals surface area (Å²) in [5.74, 6) is 0.841. The number of nitrogens with zero attached hydrogens (tertiary/aromatic N) is 2. The molecule has 1 aromatic rings. The van der Waals surface area contributed by atoms with Gasteiger partial charge in [-0.1, -0.05) is 0 Å². The van der Waals surface area contributed by atoms with Crippen LogP contribution < -0.4 is 5.32 Å². The van der Waals surface area contributed by atoms with Gasteiger partial charge in [-0.05, 0) is 52.7 Å². The summed E-state index contributed by atoms with van der Waals surface area (Å²) >= 11 is 1.83. The van der Waals surface area contributed by atoms with E-state index in [0.29, 0.717) is 6.04 Å². The van der Waals surface area contributed by atoms with Gasteiger partial charge >= 0.3 is 0 Å². The highest BCUT2D eigenvalue weighted by Crippen LogP contribution is 2.24. The summed E-state index contributed by atoms with van der Waals surface area (Å²) in [4.78, 5) is 7.28. The quantitative estimate of drug-likeness (QED) is 0.888. The molecular weight excluding hydrogens is 242 g/mol. The first-order valence-electron chi connectivity index (χ1n) is 7.01. The maximum Gasteiger partial charge on any atom is 0.0931 e. The fourth-order valence-corrected chi connectivity index (χ4v) is 3.54. The molecule has 18 heavy (non-hydrogen) atoms. The van der Waals surface area contributed by atoms with Gasteiger partial charge in [0, 0.05) is 24.4 Å². The maximum atomic E-state index is 4.69. The normalized spacial score (nSPS) is 18.7. The summed E-state index contributed by atoms with van der Waals surface area (Å²) in [5.41, 5.74) is 1.19. The minimum Gasteiger partial charge on any atom is -0.314 e. The molecule has 1 fully saturated rings. The topological polar surface area (TPSA) is 28.2 Å². The number of thiazole rings is 1. The summed E-state index contributed by atoms with van der Waals surface area (Å²) in [5, 5.41) is 6.67. The monoisotopic (exact) mass is 267 g/mol. The largest absolute Gasteiger partial charge is 0.314 e. The first-order chi connectivity index (χ1) is 8.69. The summed E-state index contributed by atoms with van der Waals surface area (Å²) < 4.78 is 0. The van der Waals surface area contributed by atoms with Gasteiger partial charge in [-0.3, -0.25) is 0 Å². The van der Waals surface area contributed by atoms with E-state index in [1.54, 1.807) is 0 Å². The van der Waals surface area contributed by atoms with Crippen molar-refractivity contribution in [3.63, 3.8) is 0 Å². The van der Waals surface area contributed by atoms with Gasteiger partial charge in [0.15, 0.2) is 0 Å². The van der Waals surface area contributed by atoms with E-state index in [1.165, 1.54) is 43.1 Å². The molecule has 0 aromatic carbocycles. The molecule has 0 bridgehead atoms. The molecule has 1 saturated heterocycles. The smallest absolute Gasteiger partial charge is 0.0931 e. The third-order valence-electron chi connectivity index (χ3n) is 3.80. The van der Waals surface area contributed by atoms with E-state index >= 15 is 0 Å². The Bertz CT molecular complexity index is 354. The van der Waals surface area contributed by atoms with Crippen molar-refractivity contribution in [1.29, 1.82) is 0 Å². The predicted molar refractivity (Wildman–Crippen MR) is 78.0 cm³/mol. The van der Waals surface area contributed by atoms with E-state index in [9.17, 15) is 0 Å². The molecule has 1 aliphatic rings. The lowest BCUT2D eigenvalue weighted by atomic mass is 9.93. The SMILES string of the molecule is CNCc1csc(CC2CCN(C(C)C)CC2)n1. The van der Waals surface area contributed by atoms with Gasteiger partial charge in [-0.25, -0.2) is 4.98 Å². The van der Waals surface area contributed by atoms with Gasteiger partial charge in [0.1, 0.15) is 0 Å². The molecule has 0 unspecified atom stereocenters. The average molecular weight is 267 g/mol. The molecule has 3 nitrogen and oxygen atoms in total. The lowest BCUT2D eigenvalue weighted by molar-refractivity contribution is 0.149. The first-order valence-corrected chi connectivity index (χ1v) is 7.89. The van der Waals surface area contributed by atoms with E-state index in [4.69, 9.17) is 4.98 Å². The van der Waals surface area contributed by atoms with Crippen molar-refractivity contribution in [2.24, 2.45) is 5.92 Å². The fraction of sp³-hybridized carbons (Fsp3) is 0.786. The van der Waals surface area contributed by atoms with Crippen LogP contribution in [0.25, 0.3) is 0 Å². The minimum atomic E-state index is 0.702. The number of rotatable bonds is 5. The second kappa shape index (κ2) is 6.64. The molecule has 4 heteroatoms. The van der Waals surface area contributed by atoms with Gasteiger partial charge < -0.3 is 10.2 Å². The van der Waals surface area contributed by atoms with Crippen molar-refractivity contribution < 1.29 is 0 Å². The van der Waals surface area contributed by atoms with E-state index < -0.39 is 0 Å². The Kier molecular flexibility index (Phi) is 5.15. The molecule has 0 spiro atoms. The molecule has 1 aliphatic heterocycles. The van der Waals surface area contributed by atoms with Crippen LogP contribution in [0.4, 0.5) is 0 Å². The predicted octanol–water partition coefficient (Wildman–Crippen LogP) is 2.53.